The van der Waals surface area contributed by atoms with Gasteiger partial charge in [-0.25, -0.2) is 0 Å². The Morgan fingerprint density at radius 1 is 1.35 bits per heavy atom. The van der Waals surface area contributed by atoms with Crippen LogP contribution in [0.3, 0.4) is 0 Å². The zero-order chi connectivity index (χ0) is 14.4. The molecule has 1 N–H and O–H groups in total. The highest BCUT2D eigenvalue weighted by molar-refractivity contribution is 5.82. The van der Waals surface area contributed by atoms with Gasteiger partial charge in [0.05, 0.1) is 6.04 Å². The first kappa shape index (κ1) is 15.0. The van der Waals surface area contributed by atoms with Gasteiger partial charge < -0.3 is 10.2 Å². The molecule has 0 spiro atoms. The Kier molecular flexibility index (Phi) is 5.60. The maximum Gasteiger partial charge on any atom is 0.239 e. The van der Waals surface area contributed by atoms with E-state index in [2.05, 4.69) is 43.4 Å². The van der Waals surface area contributed by atoms with Crippen molar-refractivity contribution in [3.05, 3.63) is 35.9 Å². The van der Waals surface area contributed by atoms with Crippen LogP contribution < -0.4 is 5.32 Å². The highest BCUT2D eigenvalue weighted by atomic mass is 16.2. The number of carbonyl (C=O) groups excluding carboxylic acids is 1. The number of likely N-dealkylation sites (N-methyl/N-ethyl adjacent to an activating group) is 1. The van der Waals surface area contributed by atoms with Gasteiger partial charge in [0, 0.05) is 13.1 Å². The van der Waals surface area contributed by atoms with Crippen LogP contribution in [0.2, 0.25) is 0 Å². The van der Waals surface area contributed by atoms with Crippen LogP contribution in [-0.4, -0.2) is 36.5 Å². The Morgan fingerprint density at radius 2 is 2.10 bits per heavy atom. The fourth-order valence-corrected chi connectivity index (χ4v) is 2.85. The summed E-state index contributed by atoms with van der Waals surface area (Å²) in [4.78, 5) is 14.5. The third-order valence-electron chi connectivity index (χ3n) is 4.17. The molecule has 20 heavy (non-hydrogen) atoms. The molecule has 0 radical (unpaired) electrons. The molecule has 1 aromatic rings. The molecule has 0 aromatic heterocycles. The van der Waals surface area contributed by atoms with Crippen LogP contribution in [0.1, 0.15) is 32.3 Å². The summed E-state index contributed by atoms with van der Waals surface area (Å²) in [7, 11) is 0. The van der Waals surface area contributed by atoms with E-state index in [1.54, 1.807) is 0 Å². The van der Waals surface area contributed by atoms with Crippen molar-refractivity contribution < 1.29 is 4.79 Å². The lowest BCUT2D eigenvalue weighted by Crippen LogP contribution is -2.50. The molecule has 3 nitrogen and oxygen atoms in total. The summed E-state index contributed by atoms with van der Waals surface area (Å²) < 4.78 is 0. The van der Waals surface area contributed by atoms with Gasteiger partial charge in [0.1, 0.15) is 0 Å². The average Bonchev–Trinajstić information content (AvgIpc) is 2.48. The average molecular weight is 274 g/mol. The molecule has 1 aromatic carbocycles. The van der Waals surface area contributed by atoms with Gasteiger partial charge in [-0.05, 0) is 44.2 Å². The fourth-order valence-electron chi connectivity index (χ4n) is 2.85. The molecule has 0 saturated carbocycles. The van der Waals surface area contributed by atoms with E-state index in [9.17, 15) is 4.79 Å². The third kappa shape index (κ3) is 4.07. The quantitative estimate of drug-likeness (QED) is 0.894. The van der Waals surface area contributed by atoms with Crippen molar-refractivity contribution in [1.29, 1.82) is 0 Å². The number of benzene rings is 1. The number of amides is 1. The summed E-state index contributed by atoms with van der Waals surface area (Å²) in [5.74, 6) is 0.924. The second kappa shape index (κ2) is 7.44. The van der Waals surface area contributed by atoms with E-state index in [0.717, 1.165) is 32.5 Å². The van der Waals surface area contributed by atoms with E-state index in [0.29, 0.717) is 5.92 Å². The van der Waals surface area contributed by atoms with Crippen LogP contribution in [0, 0.1) is 5.92 Å². The van der Waals surface area contributed by atoms with Crippen molar-refractivity contribution >= 4 is 5.91 Å². The third-order valence-corrected chi connectivity index (χ3v) is 4.17. The predicted octanol–water partition coefficient (Wildman–Crippen LogP) is 2.47. The lowest BCUT2D eigenvalue weighted by molar-refractivity contribution is -0.134. The predicted molar refractivity (Wildman–Crippen MR) is 82.6 cm³/mol. The van der Waals surface area contributed by atoms with Crippen molar-refractivity contribution in [2.45, 2.75) is 39.2 Å². The number of nitrogens with zero attached hydrogens (tertiary/aromatic N) is 1. The lowest BCUT2D eigenvalue weighted by atomic mass is 9.93. The molecule has 1 aliphatic heterocycles. The molecular weight excluding hydrogens is 248 g/mol. The Hall–Kier alpha value is -1.35. The maximum atomic E-state index is 12.6. The van der Waals surface area contributed by atoms with E-state index >= 15 is 0 Å². The smallest absolute Gasteiger partial charge is 0.239 e. The minimum absolute atomic E-state index is 0.0227. The number of nitrogens with one attached hydrogen (secondary N) is 1. The van der Waals surface area contributed by atoms with Crippen molar-refractivity contribution in [3.63, 3.8) is 0 Å². The molecule has 1 aliphatic rings. The van der Waals surface area contributed by atoms with Crippen LogP contribution in [0.15, 0.2) is 30.3 Å². The molecule has 3 heteroatoms. The molecular formula is C17H26N2O. The van der Waals surface area contributed by atoms with Crippen molar-refractivity contribution in [3.8, 4) is 0 Å². The van der Waals surface area contributed by atoms with Gasteiger partial charge in [-0.2, -0.15) is 0 Å². The standard InChI is InChI=1S/C17H26N2O/c1-3-19(12-10-15-7-5-4-6-8-15)17(20)16-13-14(2)9-11-18-16/h4-8,14,16,18H,3,9-13H2,1-2H3. The normalized spacial score (nSPS) is 22.5. The molecule has 0 aliphatic carbocycles. The summed E-state index contributed by atoms with van der Waals surface area (Å²) in [6, 6.07) is 10.4. The van der Waals surface area contributed by atoms with E-state index < -0.39 is 0 Å². The van der Waals surface area contributed by atoms with Crippen LogP contribution >= 0.6 is 0 Å². The van der Waals surface area contributed by atoms with Gasteiger partial charge in [0.25, 0.3) is 0 Å². The number of piperidine rings is 1. The topological polar surface area (TPSA) is 32.3 Å². The molecule has 1 fully saturated rings. The van der Waals surface area contributed by atoms with Gasteiger partial charge in [0.2, 0.25) is 5.91 Å². The highest BCUT2D eigenvalue weighted by Gasteiger charge is 2.27. The Morgan fingerprint density at radius 3 is 2.75 bits per heavy atom. The molecule has 110 valence electrons. The highest BCUT2D eigenvalue weighted by Crippen LogP contribution is 2.17. The number of hydrogen-bond donors (Lipinski definition) is 1. The molecule has 1 heterocycles. The number of carbonyl (C=O) groups is 1. The fraction of sp³-hybridized carbons (Fsp3) is 0.588. The van der Waals surface area contributed by atoms with Gasteiger partial charge in [-0.1, -0.05) is 37.3 Å². The summed E-state index contributed by atoms with van der Waals surface area (Å²) in [5.41, 5.74) is 1.30. The first-order valence-corrected chi connectivity index (χ1v) is 7.76. The van der Waals surface area contributed by atoms with E-state index in [4.69, 9.17) is 0 Å². The summed E-state index contributed by atoms with van der Waals surface area (Å²) in [5, 5.41) is 3.37. The number of rotatable bonds is 5. The Balaban J connectivity index is 1.88. The molecule has 2 rings (SSSR count). The Labute approximate surface area is 122 Å². The maximum absolute atomic E-state index is 12.6. The van der Waals surface area contributed by atoms with Crippen LogP contribution in [0.4, 0.5) is 0 Å². The van der Waals surface area contributed by atoms with E-state index in [1.807, 2.05) is 11.0 Å². The molecule has 1 amide bonds. The van der Waals surface area contributed by atoms with Crippen LogP contribution in [-0.2, 0) is 11.2 Å². The molecule has 0 bridgehead atoms. The minimum Gasteiger partial charge on any atom is -0.341 e. The van der Waals surface area contributed by atoms with Gasteiger partial charge in [-0.15, -0.1) is 0 Å². The van der Waals surface area contributed by atoms with E-state index in [1.165, 1.54) is 12.0 Å². The van der Waals surface area contributed by atoms with Crippen molar-refractivity contribution in [2.24, 2.45) is 5.92 Å². The summed E-state index contributed by atoms with van der Waals surface area (Å²) >= 11 is 0. The number of hydrogen-bond acceptors (Lipinski definition) is 2. The summed E-state index contributed by atoms with van der Waals surface area (Å²) in [6.07, 6.45) is 3.09. The van der Waals surface area contributed by atoms with Crippen LogP contribution in [0.25, 0.3) is 0 Å². The van der Waals surface area contributed by atoms with E-state index in [-0.39, 0.29) is 11.9 Å². The second-order valence-electron chi connectivity index (χ2n) is 5.79. The zero-order valence-electron chi connectivity index (χ0n) is 12.6. The van der Waals surface area contributed by atoms with Crippen molar-refractivity contribution in [2.75, 3.05) is 19.6 Å². The lowest BCUT2D eigenvalue weighted by Gasteiger charge is -2.32. The SMILES string of the molecule is CCN(CCc1ccccc1)C(=O)C1CC(C)CCN1. The van der Waals surface area contributed by atoms with Crippen LogP contribution in [0.5, 0.6) is 0 Å². The first-order chi connectivity index (χ1) is 9.70. The first-order valence-electron chi connectivity index (χ1n) is 7.76. The monoisotopic (exact) mass is 274 g/mol. The second-order valence-corrected chi connectivity index (χ2v) is 5.79. The molecule has 2 atom stereocenters. The minimum atomic E-state index is 0.0227. The van der Waals surface area contributed by atoms with Gasteiger partial charge in [-0.3, -0.25) is 4.79 Å². The van der Waals surface area contributed by atoms with Crippen molar-refractivity contribution in [1.82, 2.24) is 10.2 Å². The molecule has 1 saturated heterocycles. The summed E-state index contributed by atoms with van der Waals surface area (Å²) in [6.45, 7) is 6.87. The van der Waals surface area contributed by atoms with Gasteiger partial charge in [0.15, 0.2) is 0 Å². The molecule has 2 unspecified atom stereocenters. The Bertz CT molecular complexity index is 418. The zero-order valence-corrected chi connectivity index (χ0v) is 12.6. The largest absolute Gasteiger partial charge is 0.341 e. The van der Waals surface area contributed by atoms with Gasteiger partial charge >= 0.3 is 0 Å².